The fourth-order valence-corrected chi connectivity index (χ4v) is 3.05. The fraction of sp³-hybridized carbons (Fsp3) is 0.292. The highest BCUT2D eigenvalue weighted by molar-refractivity contribution is 5.92. The Labute approximate surface area is 182 Å². The zero-order chi connectivity index (χ0) is 22.8. The molecule has 1 N–H and O–H groups in total. The number of ether oxygens (including phenoxy) is 2. The van der Waals surface area contributed by atoms with Crippen LogP contribution in [0.2, 0.25) is 0 Å². The summed E-state index contributed by atoms with van der Waals surface area (Å²) in [5, 5.41) is 13.7. The van der Waals surface area contributed by atoms with Crippen molar-refractivity contribution in [2.24, 2.45) is 5.92 Å². The lowest BCUT2D eigenvalue weighted by atomic mass is 10.0. The van der Waals surface area contributed by atoms with Gasteiger partial charge in [0.05, 0.1) is 19.1 Å². The monoisotopic (exact) mass is 424 g/mol. The van der Waals surface area contributed by atoms with Gasteiger partial charge in [-0.25, -0.2) is 0 Å². The zero-order valence-electron chi connectivity index (χ0n) is 18.3. The second-order valence-electron chi connectivity index (χ2n) is 7.07. The third-order valence-electron chi connectivity index (χ3n) is 4.77. The van der Waals surface area contributed by atoms with E-state index < -0.39 is 4.92 Å². The van der Waals surface area contributed by atoms with E-state index in [0.29, 0.717) is 22.6 Å². The lowest BCUT2D eigenvalue weighted by molar-refractivity contribution is -0.400. The molecule has 0 heterocycles. The van der Waals surface area contributed by atoms with Gasteiger partial charge in [-0.05, 0) is 35.7 Å². The predicted molar refractivity (Wildman–Crippen MR) is 124 cm³/mol. The Morgan fingerprint density at radius 2 is 1.84 bits per heavy atom. The summed E-state index contributed by atoms with van der Waals surface area (Å²) in [7, 11) is 3.04. The molecule has 164 valence electrons. The van der Waals surface area contributed by atoms with Gasteiger partial charge < -0.3 is 14.8 Å². The lowest BCUT2D eigenvalue weighted by Crippen LogP contribution is -2.20. The minimum absolute atomic E-state index is 0.0100. The fourth-order valence-electron chi connectivity index (χ4n) is 3.05. The van der Waals surface area contributed by atoms with E-state index in [2.05, 4.69) is 12.2 Å². The average molecular weight is 424 g/mol. The van der Waals surface area contributed by atoms with E-state index in [1.807, 2.05) is 43.3 Å². The molecule has 31 heavy (non-hydrogen) atoms. The summed E-state index contributed by atoms with van der Waals surface area (Å²) in [6.45, 7) is 3.98. The number of benzene rings is 2. The molecular weight excluding hydrogens is 396 g/mol. The third kappa shape index (κ3) is 6.99. The number of anilines is 1. The topological polar surface area (TPSA) is 90.7 Å². The number of hydrogen-bond acceptors (Lipinski definition) is 5. The number of carbonyl (C=O) groups is 1. The molecule has 0 aliphatic carbocycles. The summed E-state index contributed by atoms with van der Waals surface area (Å²) in [6, 6.07) is 10.9. The summed E-state index contributed by atoms with van der Waals surface area (Å²) >= 11 is 0. The summed E-state index contributed by atoms with van der Waals surface area (Å²) in [5.41, 5.74) is 2.93. The Hall–Kier alpha value is -3.61. The van der Waals surface area contributed by atoms with Gasteiger partial charge in [-0.1, -0.05) is 44.6 Å². The molecule has 1 amide bonds. The maximum atomic E-state index is 12.2. The first-order valence-electron chi connectivity index (χ1n) is 10.0. The smallest absolute Gasteiger partial charge is 0.235 e. The van der Waals surface area contributed by atoms with Crippen LogP contribution >= 0.6 is 0 Å². The molecule has 0 bridgehead atoms. The van der Waals surface area contributed by atoms with Crippen LogP contribution < -0.4 is 14.8 Å². The molecule has 0 saturated carbocycles. The molecule has 0 saturated heterocycles. The number of methoxy groups -OCH3 is 2. The summed E-state index contributed by atoms with van der Waals surface area (Å²) in [6.07, 6.45) is 7.80. The normalized spacial score (nSPS) is 12.1. The van der Waals surface area contributed by atoms with Crippen molar-refractivity contribution in [1.29, 1.82) is 0 Å². The van der Waals surface area contributed by atoms with Crippen LogP contribution in [-0.2, 0) is 4.79 Å². The number of amides is 1. The van der Waals surface area contributed by atoms with Crippen molar-refractivity contribution < 1.29 is 19.2 Å². The number of nitrogens with one attached hydrogen (secondary N) is 1. The van der Waals surface area contributed by atoms with Crippen molar-refractivity contribution in [2.45, 2.75) is 26.7 Å². The molecule has 1 unspecified atom stereocenters. The van der Waals surface area contributed by atoms with E-state index in [-0.39, 0.29) is 11.8 Å². The van der Waals surface area contributed by atoms with Crippen molar-refractivity contribution in [2.75, 3.05) is 19.5 Å². The first-order valence-corrected chi connectivity index (χ1v) is 10.0. The van der Waals surface area contributed by atoms with Gasteiger partial charge in [0.2, 0.25) is 12.1 Å². The Morgan fingerprint density at radius 3 is 2.42 bits per heavy atom. The van der Waals surface area contributed by atoms with Gasteiger partial charge in [-0.2, -0.15) is 0 Å². The van der Waals surface area contributed by atoms with Crippen LogP contribution in [0.15, 0.2) is 42.6 Å². The quantitative estimate of drug-likeness (QED) is 0.309. The van der Waals surface area contributed by atoms with Crippen molar-refractivity contribution in [3.63, 3.8) is 0 Å². The molecule has 2 aromatic carbocycles. The number of nitro groups is 1. The third-order valence-corrected chi connectivity index (χ3v) is 4.77. The highest BCUT2D eigenvalue weighted by Crippen LogP contribution is 2.31. The predicted octanol–water partition coefficient (Wildman–Crippen LogP) is 5.50. The van der Waals surface area contributed by atoms with Crippen LogP contribution in [0, 0.1) is 16.0 Å². The van der Waals surface area contributed by atoms with Crippen LogP contribution in [-0.4, -0.2) is 25.1 Å². The van der Waals surface area contributed by atoms with Gasteiger partial charge in [-0.15, -0.1) is 0 Å². The SMILES string of the molecule is CCCC(C)C(=O)Nc1ccc(/C=C/c2cc(OC)cc(OC)c2/C=C/[N+](=O)[O-])cc1. The largest absolute Gasteiger partial charge is 0.497 e. The maximum absolute atomic E-state index is 12.2. The van der Waals surface area contributed by atoms with E-state index in [9.17, 15) is 14.9 Å². The van der Waals surface area contributed by atoms with Crippen LogP contribution in [0.25, 0.3) is 18.2 Å². The standard InChI is InChI=1S/C24H28N2O5/c1-5-6-17(2)24(27)25-20-11-8-18(9-12-20)7-10-19-15-21(30-3)16-23(31-4)22(19)13-14-26(28)29/h7-17H,5-6H2,1-4H3,(H,25,27)/b10-7+,14-13+. The second kappa shape index (κ2) is 11.5. The molecule has 0 aromatic heterocycles. The Kier molecular flexibility index (Phi) is 8.81. The van der Waals surface area contributed by atoms with E-state index >= 15 is 0 Å². The molecule has 0 spiro atoms. The van der Waals surface area contributed by atoms with Crippen LogP contribution in [0.3, 0.4) is 0 Å². The molecule has 0 radical (unpaired) electrons. The molecule has 2 aromatic rings. The number of carbonyl (C=O) groups excluding carboxylic acids is 1. The van der Waals surface area contributed by atoms with E-state index in [0.717, 1.165) is 30.3 Å². The molecule has 1 atom stereocenters. The number of nitrogens with zero attached hydrogens (tertiary/aromatic N) is 1. The minimum Gasteiger partial charge on any atom is -0.497 e. The maximum Gasteiger partial charge on any atom is 0.235 e. The van der Waals surface area contributed by atoms with Crippen molar-refractivity contribution in [3.05, 3.63) is 69.4 Å². The van der Waals surface area contributed by atoms with Gasteiger partial charge >= 0.3 is 0 Å². The van der Waals surface area contributed by atoms with Gasteiger partial charge in [-0.3, -0.25) is 14.9 Å². The molecule has 0 fully saturated rings. The van der Waals surface area contributed by atoms with Gasteiger partial charge in [0.25, 0.3) is 0 Å². The van der Waals surface area contributed by atoms with Gasteiger partial charge in [0, 0.05) is 29.3 Å². The number of rotatable bonds is 10. The first-order chi connectivity index (χ1) is 14.9. The van der Waals surface area contributed by atoms with Crippen LogP contribution in [0.4, 0.5) is 5.69 Å². The summed E-state index contributed by atoms with van der Waals surface area (Å²) < 4.78 is 10.7. The average Bonchev–Trinajstić information content (AvgIpc) is 2.76. The Bertz CT molecular complexity index is 965. The zero-order valence-corrected chi connectivity index (χ0v) is 18.3. The van der Waals surface area contributed by atoms with Crippen LogP contribution in [0.5, 0.6) is 11.5 Å². The van der Waals surface area contributed by atoms with Gasteiger partial charge in [0.1, 0.15) is 11.5 Å². The number of hydrogen-bond donors (Lipinski definition) is 1. The van der Waals surface area contributed by atoms with Crippen molar-refractivity contribution in [1.82, 2.24) is 0 Å². The van der Waals surface area contributed by atoms with Crippen LogP contribution in [0.1, 0.15) is 43.4 Å². The highest BCUT2D eigenvalue weighted by atomic mass is 16.6. The Balaban J connectivity index is 2.26. The molecule has 7 nitrogen and oxygen atoms in total. The first kappa shape index (κ1) is 23.7. The lowest BCUT2D eigenvalue weighted by Gasteiger charge is -2.11. The molecule has 7 heteroatoms. The second-order valence-corrected chi connectivity index (χ2v) is 7.07. The minimum atomic E-state index is -0.522. The Morgan fingerprint density at radius 1 is 1.13 bits per heavy atom. The van der Waals surface area contributed by atoms with Crippen molar-refractivity contribution in [3.8, 4) is 11.5 Å². The molecular formula is C24H28N2O5. The summed E-state index contributed by atoms with van der Waals surface area (Å²) in [5.74, 6) is 1.03. The van der Waals surface area contributed by atoms with E-state index in [1.54, 1.807) is 19.2 Å². The van der Waals surface area contributed by atoms with E-state index in [4.69, 9.17) is 9.47 Å². The highest BCUT2D eigenvalue weighted by Gasteiger charge is 2.12. The molecule has 0 aliphatic rings. The van der Waals surface area contributed by atoms with E-state index in [1.165, 1.54) is 13.2 Å². The van der Waals surface area contributed by atoms with Crippen molar-refractivity contribution >= 4 is 29.8 Å². The molecule has 0 aliphatic heterocycles. The van der Waals surface area contributed by atoms with Gasteiger partial charge in [0.15, 0.2) is 0 Å². The summed E-state index contributed by atoms with van der Waals surface area (Å²) in [4.78, 5) is 22.4. The molecule has 2 rings (SSSR count).